The number of aromatic nitrogens is 1. The molecule has 0 atom stereocenters. The third-order valence-electron chi connectivity index (χ3n) is 2.69. The summed E-state index contributed by atoms with van der Waals surface area (Å²) in [7, 11) is 1.23. The van der Waals surface area contributed by atoms with Crippen molar-refractivity contribution in [3.05, 3.63) is 22.8 Å². The van der Waals surface area contributed by atoms with Crippen LogP contribution in [-0.2, 0) is 4.74 Å². The Morgan fingerprint density at radius 1 is 1.61 bits per heavy atom. The Balaban J connectivity index is 2.15. The van der Waals surface area contributed by atoms with Gasteiger partial charge in [-0.25, -0.2) is 18.6 Å². The summed E-state index contributed by atoms with van der Waals surface area (Å²) in [6.45, 7) is 0. The van der Waals surface area contributed by atoms with Crippen LogP contribution >= 0.6 is 11.6 Å². The zero-order chi connectivity index (χ0) is 13.3. The van der Waals surface area contributed by atoms with Gasteiger partial charge in [0.2, 0.25) is 0 Å². The number of hydrogen-bond donors (Lipinski definition) is 1. The molecule has 98 valence electrons. The number of alkyl halides is 2. The number of esters is 1. The Kier molecular flexibility index (Phi) is 3.38. The molecule has 1 saturated carbocycles. The normalized spacial score (nSPS) is 18.0. The van der Waals surface area contributed by atoms with Gasteiger partial charge in [0.15, 0.2) is 0 Å². The summed E-state index contributed by atoms with van der Waals surface area (Å²) in [4.78, 5) is 15.4. The van der Waals surface area contributed by atoms with Crippen LogP contribution in [0, 0.1) is 0 Å². The molecule has 0 bridgehead atoms. The fourth-order valence-electron chi connectivity index (χ4n) is 1.78. The number of nitrogens with one attached hydrogen (secondary N) is 1. The molecule has 1 fully saturated rings. The number of ether oxygens (including phenoxy) is 1. The Hall–Kier alpha value is -1.43. The van der Waals surface area contributed by atoms with E-state index in [2.05, 4.69) is 15.0 Å². The summed E-state index contributed by atoms with van der Waals surface area (Å²) in [6.07, 6.45) is 0.809. The van der Waals surface area contributed by atoms with Crippen LogP contribution in [-0.4, -0.2) is 30.0 Å². The molecule has 1 aromatic heterocycles. The van der Waals surface area contributed by atoms with Gasteiger partial charge in [-0.3, -0.25) is 0 Å². The average Bonchev–Trinajstić information content (AvgIpc) is 2.28. The first kappa shape index (κ1) is 13.0. The highest BCUT2D eigenvalue weighted by Crippen LogP contribution is 2.39. The molecule has 0 unspecified atom stereocenters. The predicted molar refractivity (Wildman–Crippen MR) is 62.2 cm³/mol. The highest BCUT2D eigenvalue weighted by molar-refractivity contribution is 6.30. The van der Waals surface area contributed by atoms with Crippen LogP contribution in [0.5, 0.6) is 0 Å². The number of hydrogen-bond acceptors (Lipinski definition) is 4. The van der Waals surface area contributed by atoms with E-state index in [9.17, 15) is 13.6 Å². The molecule has 18 heavy (non-hydrogen) atoms. The van der Waals surface area contributed by atoms with Crippen LogP contribution in [0.1, 0.15) is 23.2 Å². The molecule has 7 heteroatoms. The summed E-state index contributed by atoms with van der Waals surface area (Å²) in [5.41, 5.74) is 0.139. The molecule has 0 saturated heterocycles. The number of methoxy groups -OCH3 is 1. The minimum Gasteiger partial charge on any atom is -0.465 e. The van der Waals surface area contributed by atoms with E-state index in [4.69, 9.17) is 11.6 Å². The lowest BCUT2D eigenvalue weighted by molar-refractivity contribution is -0.0794. The fourth-order valence-corrected chi connectivity index (χ4v) is 1.93. The maximum absolute atomic E-state index is 12.7. The largest absolute Gasteiger partial charge is 0.465 e. The Bertz CT molecular complexity index is 474. The number of rotatable bonds is 3. The van der Waals surface area contributed by atoms with Gasteiger partial charge in [-0.15, -0.1) is 0 Å². The summed E-state index contributed by atoms with van der Waals surface area (Å²) in [5.74, 6) is -3.03. The predicted octanol–water partition coefficient (Wildman–Crippen LogP) is 2.73. The molecule has 0 radical (unpaired) electrons. The zero-order valence-electron chi connectivity index (χ0n) is 9.54. The molecule has 0 spiro atoms. The van der Waals surface area contributed by atoms with Crippen molar-refractivity contribution in [2.24, 2.45) is 0 Å². The van der Waals surface area contributed by atoms with Gasteiger partial charge >= 0.3 is 5.97 Å². The van der Waals surface area contributed by atoms with Crippen molar-refractivity contribution < 1.29 is 18.3 Å². The molecule has 0 amide bonds. The molecule has 1 aromatic rings. The van der Waals surface area contributed by atoms with Crippen LogP contribution < -0.4 is 5.32 Å². The first-order chi connectivity index (χ1) is 8.41. The molecule has 2 rings (SSSR count). The quantitative estimate of drug-likeness (QED) is 0.863. The number of carbonyl (C=O) groups excluding carboxylic acids is 1. The van der Waals surface area contributed by atoms with Crippen molar-refractivity contribution in [3.63, 3.8) is 0 Å². The summed E-state index contributed by atoms with van der Waals surface area (Å²) in [5, 5.41) is 3.07. The number of nitrogens with zero attached hydrogens (tertiary/aromatic N) is 1. The van der Waals surface area contributed by atoms with Gasteiger partial charge in [0.25, 0.3) is 5.92 Å². The summed E-state index contributed by atoms with van der Waals surface area (Å²) < 4.78 is 30.0. The van der Waals surface area contributed by atoms with E-state index in [1.807, 2.05) is 0 Å². The van der Waals surface area contributed by atoms with Crippen molar-refractivity contribution in [3.8, 4) is 0 Å². The Labute approximate surface area is 107 Å². The van der Waals surface area contributed by atoms with E-state index < -0.39 is 17.9 Å². The highest BCUT2D eigenvalue weighted by Gasteiger charge is 2.45. The SMILES string of the molecule is COC(=O)c1cc(Cl)cnc1NC1CC(F)(F)C1. The molecule has 1 aliphatic rings. The first-order valence-corrected chi connectivity index (χ1v) is 5.67. The van der Waals surface area contributed by atoms with Crippen molar-refractivity contribution in [1.29, 1.82) is 0 Å². The lowest BCUT2D eigenvalue weighted by atomic mass is 9.88. The van der Waals surface area contributed by atoms with Crippen LogP contribution in [0.15, 0.2) is 12.3 Å². The minimum absolute atomic E-state index is 0.139. The van der Waals surface area contributed by atoms with Crippen LogP contribution in [0.2, 0.25) is 5.02 Å². The van der Waals surface area contributed by atoms with Gasteiger partial charge in [0.05, 0.1) is 12.1 Å². The third-order valence-corrected chi connectivity index (χ3v) is 2.90. The topological polar surface area (TPSA) is 51.2 Å². The number of anilines is 1. The molecule has 0 aliphatic heterocycles. The fraction of sp³-hybridized carbons (Fsp3) is 0.455. The molecule has 1 N–H and O–H groups in total. The number of carbonyl (C=O) groups is 1. The van der Waals surface area contributed by atoms with Gasteiger partial charge in [-0.2, -0.15) is 0 Å². The lowest BCUT2D eigenvalue weighted by Gasteiger charge is -2.35. The molecular formula is C11H11ClF2N2O2. The summed E-state index contributed by atoms with van der Waals surface area (Å²) in [6, 6.07) is 0.997. The van der Waals surface area contributed by atoms with Crippen molar-refractivity contribution in [2.75, 3.05) is 12.4 Å². The monoisotopic (exact) mass is 276 g/mol. The molecular weight excluding hydrogens is 266 g/mol. The maximum Gasteiger partial charge on any atom is 0.341 e. The second-order valence-electron chi connectivity index (χ2n) is 4.15. The first-order valence-electron chi connectivity index (χ1n) is 5.29. The average molecular weight is 277 g/mol. The second kappa shape index (κ2) is 4.68. The van der Waals surface area contributed by atoms with Gasteiger partial charge in [0.1, 0.15) is 11.4 Å². The lowest BCUT2D eigenvalue weighted by Crippen LogP contribution is -2.44. The summed E-state index contributed by atoms with van der Waals surface area (Å²) >= 11 is 5.73. The smallest absolute Gasteiger partial charge is 0.341 e. The number of pyridine rings is 1. The highest BCUT2D eigenvalue weighted by atomic mass is 35.5. The van der Waals surface area contributed by atoms with E-state index in [1.165, 1.54) is 19.4 Å². The van der Waals surface area contributed by atoms with E-state index in [-0.39, 0.29) is 29.2 Å². The van der Waals surface area contributed by atoms with E-state index >= 15 is 0 Å². The molecule has 0 aromatic carbocycles. The third kappa shape index (κ3) is 2.69. The van der Waals surface area contributed by atoms with Crippen molar-refractivity contribution >= 4 is 23.4 Å². The molecule has 1 aliphatic carbocycles. The minimum atomic E-state index is -2.63. The standard InChI is InChI=1S/C11H11ClF2N2O2/c1-18-10(17)8-2-6(12)5-15-9(8)16-7-3-11(13,14)4-7/h2,5,7H,3-4H2,1H3,(H,15,16). The maximum atomic E-state index is 12.7. The van der Waals surface area contributed by atoms with Gasteiger partial charge in [0, 0.05) is 25.1 Å². The van der Waals surface area contributed by atoms with E-state index in [1.54, 1.807) is 0 Å². The van der Waals surface area contributed by atoms with Crippen molar-refractivity contribution in [1.82, 2.24) is 4.98 Å². The van der Waals surface area contributed by atoms with E-state index in [0.717, 1.165) is 0 Å². The molecule has 4 nitrogen and oxygen atoms in total. The van der Waals surface area contributed by atoms with E-state index in [0.29, 0.717) is 0 Å². The van der Waals surface area contributed by atoms with Crippen LogP contribution in [0.25, 0.3) is 0 Å². The van der Waals surface area contributed by atoms with Crippen LogP contribution in [0.4, 0.5) is 14.6 Å². The molecule has 1 heterocycles. The Morgan fingerprint density at radius 2 is 2.28 bits per heavy atom. The van der Waals surface area contributed by atoms with Gasteiger partial charge in [-0.05, 0) is 6.07 Å². The Morgan fingerprint density at radius 3 is 2.83 bits per heavy atom. The van der Waals surface area contributed by atoms with Crippen molar-refractivity contribution in [2.45, 2.75) is 24.8 Å². The zero-order valence-corrected chi connectivity index (χ0v) is 10.3. The van der Waals surface area contributed by atoms with Gasteiger partial charge < -0.3 is 10.1 Å². The number of halogens is 3. The van der Waals surface area contributed by atoms with Crippen LogP contribution in [0.3, 0.4) is 0 Å². The second-order valence-corrected chi connectivity index (χ2v) is 4.58. The van der Waals surface area contributed by atoms with Gasteiger partial charge in [-0.1, -0.05) is 11.6 Å².